The van der Waals surface area contributed by atoms with Gasteiger partial charge in [-0.2, -0.15) is 0 Å². The number of carbonyl (C=O) groups excluding carboxylic acids is 1. The Morgan fingerprint density at radius 3 is 2.34 bits per heavy atom. The second-order valence-electron chi connectivity index (χ2n) is 7.96. The van der Waals surface area contributed by atoms with E-state index in [1.807, 2.05) is 30.3 Å². The quantitative estimate of drug-likeness (QED) is 0.205. The van der Waals surface area contributed by atoms with Gasteiger partial charge in [-0.3, -0.25) is 14.7 Å². The van der Waals surface area contributed by atoms with Gasteiger partial charge in [0, 0.05) is 30.7 Å². The van der Waals surface area contributed by atoms with E-state index in [1.54, 1.807) is 0 Å². The van der Waals surface area contributed by atoms with Crippen molar-refractivity contribution in [3.05, 3.63) is 35.9 Å². The lowest BCUT2D eigenvalue weighted by atomic mass is 9.99. The SMILES string of the molecule is CCNC(=NCC(C)(C)N1CCCCC1)NCCCNC(=O)c1ccccc1.I. The van der Waals surface area contributed by atoms with E-state index in [0.717, 1.165) is 32.0 Å². The number of hydrogen-bond acceptors (Lipinski definition) is 3. The van der Waals surface area contributed by atoms with Gasteiger partial charge < -0.3 is 16.0 Å². The van der Waals surface area contributed by atoms with Gasteiger partial charge in [0.15, 0.2) is 5.96 Å². The Balaban J connectivity index is 0.00000420. The average Bonchev–Trinajstić information content (AvgIpc) is 2.73. The summed E-state index contributed by atoms with van der Waals surface area (Å²) in [6.07, 6.45) is 4.78. The molecule has 1 fully saturated rings. The van der Waals surface area contributed by atoms with E-state index in [4.69, 9.17) is 4.99 Å². The lowest BCUT2D eigenvalue weighted by Gasteiger charge is -2.40. The predicted molar refractivity (Wildman–Crippen MR) is 132 cm³/mol. The van der Waals surface area contributed by atoms with Crippen molar-refractivity contribution in [1.82, 2.24) is 20.9 Å². The summed E-state index contributed by atoms with van der Waals surface area (Å²) in [4.78, 5) is 19.4. The van der Waals surface area contributed by atoms with Gasteiger partial charge in [0.05, 0.1) is 6.54 Å². The van der Waals surface area contributed by atoms with Crippen molar-refractivity contribution in [2.75, 3.05) is 39.3 Å². The van der Waals surface area contributed by atoms with Crippen LogP contribution in [0.5, 0.6) is 0 Å². The molecule has 0 unspecified atom stereocenters. The summed E-state index contributed by atoms with van der Waals surface area (Å²) < 4.78 is 0. The number of guanidine groups is 1. The van der Waals surface area contributed by atoms with E-state index < -0.39 is 0 Å². The molecule has 7 heteroatoms. The maximum atomic E-state index is 12.0. The first kappa shape index (κ1) is 25.7. The first-order chi connectivity index (χ1) is 13.5. The molecule has 1 saturated heterocycles. The molecule has 2 rings (SSSR count). The number of rotatable bonds is 9. The standard InChI is InChI=1S/C22H37N5O.HI/c1-4-23-21(26-18-22(2,3)27-16-9-6-10-17-27)25-15-11-14-24-20(28)19-12-7-5-8-13-19;/h5,7-8,12-13H,4,6,9-11,14-18H2,1-3H3,(H,24,28)(H2,23,25,26);1H. The Bertz CT molecular complexity index is 615. The molecule has 29 heavy (non-hydrogen) atoms. The normalized spacial score (nSPS) is 15.3. The number of piperidine rings is 1. The summed E-state index contributed by atoms with van der Waals surface area (Å²) >= 11 is 0. The first-order valence-electron chi connectivity index (χ1n) is 10.6. The fourth-order valence-corrected chi connectivity index (χ4v) is 3.40. The Hall–Kier alpha value is -1.35. The van der Waals surface area contributed by atoms with Gasteiger partial charge in [0.25, 0.3) is 5.91 Å². The monoisotopic (exact) mass is 515 g/mol. The Morgan fingerprint density at radius 2 is 1.69 bits per heavy atom. The maximum Gasteiger partial charge on any atom is 0.251 e. The minimum Gasteiger partial charge on any atom is -0.357 e. The number of benzene rings is 1. The van der Waals surface area contributed by atoms with Crippen LogP contribution in [0, 0.1) is 0 Å². The summed E-state index contributed by atoms with van der Waals surface area (Å²) in [5.74, 6) is 0.825. The number of amides is 1. The van der Waals surface area contributed by atoms with Crippen molar-refractivity contribution < 1.29 is 4.79 Å². The molecule has 0 atom stereocenters. The van der Waals surface area contributed by atoms with Crippen LogP contribution in [0.3, 0.4) is 0 Å². The molecular formula is C22H38IN5O. The predicted octanol–water partition coefficient (Wildman–Crippen LogP) is 3.24. The molecule has 1 aromatic carbocycles. The second kappa shape index (κ2) is 13.8. The number of nitrogens with zero attached hydrogens (tertiary/aromatic N) is 2. The number of carbonyl (C=O) groups is 1. The van der Waals surface area contributed by atoms with E-state index >= 15 is 0 Å². The summed E-state index contributed by atoms with van der Waals surface area (Å²) in [7, 11) is 0. The van der Waals surface area contributed by atoms with Gasteiger partial charge in [0.2, 0.25) is 0 Å². The minimum absolute atomic E-state index is 0. The number of nitrogens with one attached hydrogen (secondary N) is 3. The Labute approximate surface area is 193 Å². The fraction of sp³-hybridized carbons (Fsp3) is 0.636. The highest BCUT2D eigenvalue weighted by atomic mass is 127. The zero-order chi connectivity index (χ0) is 20.2. The number of aliphatic imine (C=N–C) groups is 1. The highest BCUT2D eigenvalue weighted by molar-refractivity contribution is 14.0. The molecule has 1 aromatic rings. The molecule has 1 amide bonds. The number of likely N-dealkylation sites (tertiary alicyclic amines) is 1. The van der Waals surface area contributed by atoms with Gasteiger partial charge >= 0.3 is 0 Å². The van der Waals surface area contributed by atoms with Crippen LogP contribution in [0.25, 0.3) is 0 Å². The molecule has 6 nitrogen and oxygen atoms in total. The zero-order valence-corrected chi connectivity index (χ0v) is 20.5. The highest BCUT2D eigenvalue weighted by Gasteiger charge is 2.27. The molecule has 164 valence electrons. The van der Waals surface area contributed by atoms with Crippen LogP contribution in [0.4, 0.5) is 0 Å². The van der Waals surface area contributed by atoms with Crippen molar-refractivity contribution in [2.45, 2.75) is 52.0 Å². The molecule has 0 saturated carbocycles. The summed E-state index contributed by atoms with van der Waals surface area (Å²) in [6.45, 7) is 12.0. The molecule has 0 aromatic heterocycles. The third kappa shape index (κ3) is 9.33. The topological polar surface area (TPSA) is 68.8 Å². The van der Waals surface area contributed by atoms with E-state index in [2.05, 4.69) is 41.6 Å². The van der Waals surface area contributed by atoms with Gasteiger partial charge in [0.1, 0.15) is 0 Å². The Kier molecular flexibility index (Phi) is 12.2. The van der Waals surface area contributed by atoms with Crippen LogP contribution in [0.1, 0.15) is 56.8 Å². The second-order valence-corrected chi connectivity index (χ2v) is 7.96. The van der Waals surface area contributed by atoms with Gasteiger partial charge in [-0.25, -0.2) is 0 Å². The molecule has 0 radical (unpaired) electrons. The van der Waals surface area contributed by atoms with E-state index in [0.29, 0.717) is 12.1 Å². The van der Waals surface area contributed by atoms with Crippen molar-refractivity contribution >= 4 is 35.8 Å². The van der Waals surface area contributed by atoms with Crippen molar-refractivity contribution in [3.8, 4) is 0 Å². The van der Waals surface area contributed by atoms with Crippen LogP contribution < -0.4 is 16.0 Å². The Morgan fingerprint density at radius 1 is 1.03 bits per heavy atom. The minimum atomic E-state index is -0.0237. The lowest BCUT2D eigenvalue weighted by molar-refractivity contribution is 0.0953. The summed E-state index contributed by atoms with van der Waals surface area (Å²) in [5, 5.41) is 9.65. The average molecular weight is 515 g/mol. The van der Waals surface area contributed by atoms with Crippen LogP contribution >= 0.6 is 24.0 Å². The molecule has 3 N–H and O–H groups in total. The van der Waals surface area contributed by atoms with Crippen molar-refractivity contribution in [3.63, 3.8) is 0 Å². The van der Waals surface area contributed by atoms with Crippen LogP contribution in [-0.2, 0) is 0 Å². The van der Waals surface area contributed by atoms with E-state index in [1.165, 1.54) is 32.4 Å². The van der Waals surface area contributed by atoms with E-state index in [-0.39, 0.29) is 35.4 Å². The molecular weight excluding hydrogens is 477 g/mol. The van der Waals surface area contributed by atoms with Crippen LogP contribution in [0.15, 0.2) is 35.3 Å². The fourth-order valence-electron chi connectivity index (χ4n) is 3.40. The smallest absolute Gasteiger partial charge is 0.251 e. The molecule has 1 aliphatic heterocycles. The molecule has 0 aliphatic carbocycles. The third-order valence-electron chi connectivity index (χ3n) is 5.15. The largest absolute Gasteiger partial charge is 0.357 e. The summed E-state index contributed by atoms with van der Waals surface area (Å²) in [6, 6.07) is 9.32. The molecule has 1 aliphatic rings. The number of halogens is 1. The molecule has 1 heterocycles. The number of hydrogen-bond donors (Lipinski definition) is 3. The summed E-state index contributed by atoms with van der Waals surface area (Å²) in [5.41, 5.74) is 0.775. The van der Waals surface area contributed by atoms with Crippen LogP contribution in [0.2, 0.25) is 0 Å². The first-order valence-corrected chi connectivity index (χ1v) is 10.6. The highest BCUT2D eigenvalue weighted by Crippen LogP contribution is 2.20. The van der Waals surface area contributed by atoms with Gasteiger partial charge in [-0.15, -0.1) is 24.0 Å². The maximum absolute atomic E-state index is 12.0. The van der Waals surface area contributed by atoms with Crippen molar-refractivity contribution in [2.24, 2.45) is 4.99 Å². The molecule has 0 spiro atoms. The molecule has 0 bridgehead atoms. The van der Waals surface area contributed by atoms with Gasteiger partial charge in [-0.05, 0) is 65.3 Å². The zero-order valence-electron chi connectivity index (χ0n) is 18.2. The lowest BCUT2D eigenvalue weighted by Crippen LogP contribution is -2.49. The van der Waals surface area contributed by atoms with Crippen molar-refractivity contribution in [1.29, 1.82) is 0 Å². The van der Waals surface area contributed by atoms with Gasteiger partial charge in [-0.1, -0.05) is 24.6 Å². The third-order valence-corrected chi connectivity index (χ3v) is 5.15. The van der Waals surface area contributed by atoms with E-state index in [9.17, 15) is 4.79 Å². The van der Waals surface area contributed by atoms with Crippen LogP contribution in [-0.4, -0.2) is 61.6 Å².